The van der Waals surface area contributed by atoms with E-state index in [9.17, 15) is 9.59 Å². The molecule has 1 aliphatic heterocycles. The summed E-state index contributed by atoms with van der Waals surface area (Å²) in [7, 11) is 0. The lowest BCUT2D eigenvalue weighted by Gasteiger charge is -2.46. The second-order valence-corrected chi connectivity index (χ2v) is 8.33. The van der Waals surface area contributed by atoms with E-state index in [1.54, 1.807) is 12.1 Å². The standard InChI is InChI=1S/C22H32N2O3/c1-5-18-14(4)19-11-8-16(12-20(19)24-22(18)26)23-21(25)15-6-9-17(10-7-15)27-13(2)3/h6-7,9-10,13-14,16,18-20H,5,8,11-12H2,1-4H3,(H,23,25)(H,24,26). The molecule has 3 rings (SSSR count). The van der Waals surface area contributed by atoms with Crippen molar-refractivity contribution in [2.75, 3.05) is 0 Å². The van der Waals surface area contributed by atoms with Crippen LogP contribution in [0.1, 0.15) is 63.7 Å². The maximum Gasteiger partial charge on any atom is 0.251 e. The predicted octanol–water partition coefficient (Wildman–Crippen LogP) is 3.53. The zero-order valence-electron chi connectivity index (χ0n) is 16.8. The molecular formula is C22H32N2O3. The minimum Gasteiger partial charge on any atom is -0.491 e. The van der Waals surface area contributed by atoms with Crippen molar-refractivity contribution in [1.29, 1.82) is 0 Å². The summed E-state index contributed by atoms with van der Waals surface area (Å²) in [6.07, 6.45) is 3.84. The van der Waals surface area contributed by atoms with Gasteiger partial charge in [-0.15, -0.1) is 0 Å². The van der Waals surface area contributed by atoms with Gasteiger partial charge in [-0.3, -0.25) is 9.59 Å². The Morgan fingerprint density at radius 1 is 1.26 bits per heavy atom. The molecule has 5 atom stereocenters. The second-order valence-electron chi connectivity index (χ2n) is 8.33. The van der Waals surface area contributed by atoms with Gasteiger partial charge in [0.2, 0.25) is 5.91 Å². The second kappa shape index (κ2) is 8.32. The van der Waals surface area contributed by atoms with E-state index in [0.717, 1.165) is 31.4 Å². The van der Waals surface area contributed by atoms with Crippen LogP contribution < -0.4 is 15.4 Å². The van der Waals surface area contributed by atoms with E-state index in [2.05, 4.69) is 24.5 Å². The maximum atomic E-state index is 12.6. The van der Waals surface area contributed by atoms with Crippen LogP contribution in [0.5, 0.6) is 5.75 Å². The average Bonchev–Trinajstić information content (AvgIpc) is 2.62. The number of nitrogens with one attached hydrogen (secondary N) is 2. The van der Waals surface area contributed by atoms with Crippen molar-refractivity contribution >= 4 is 11.8 Å². The minimum atomic E-state index is -0.0591. The number of hydrogen-bond acceptors (Lipinski definition) is 3. The normalized spacial score (nSPS) is 30.4. The average molecular weight is 373 g/mol. The molecule has 0 radical (unpaired) electrons. The van der Waals surface area contributed by atoms with Gasteiger partial charge in [-0.25, -0.2) is 0 Å². The molecule has 1 aliphatic carbocycles. The molecule has 1 saturated carbocycles. The number of carbonyl (C=O) groups excluding carboxylic acids is 2. The summed E-state index contributed by atoms with van der Waals surface area (Å²) in [5.41, 5.74) is 0.639. The number of rotatable bonds is 5. The van der Waals surface area contributed by atoms with E-state index in [1.165, 1.54) is 0 Å². The molecule has 2 fully saturated rings. The van der Waals surface area contributed by atoms with Gasteiger partial charge in [-0.1, -0.05) is 13.8 Å². The first-order valence-corrected chi connectivity index (χ1v) is 10.3. The zero-order chi connectivity index (χ0) is 19.6. The quantitative estimate of drug-likeness (QED) is 0.831. The molecule has 2 amide bonds. The highest BCUT2D eigenvalue weighted by Gasteiger charge is 2.43. The Labute approximate surface area is 162 Å². The Morgan fingerprint density at radius 2 is 1.96 bits per heavy atom. The highest BCUT2D eigenvalue weighted by molar-refractivity contribution is 5.94. The van der Waals surface area contributed by atoms with E-state index < -0.39 is 0 Å². The van der Waals surface area contributed by atoms with Gasteiger partial charge in [0.1, 0.15) is 5.75 Å². The summed E-state index contributed by atoms with van der Waals surface area (Å²) >= 11 is 0. The van der Waals surface area contributed by atoms with Gasteiger partial charge in [-0.05, 0) is 75.6 Å². The molecule has 5 unspecified atom stereocenters. The molecule has 1 saturated heterocycles. The van der Waals surface area contributed by atoms with Crippen LogP contribution in [0.3, 0.4) is 0 Å². The summed E-state index contributed by atoms with van der Waals surface area (Å²) in [5.74, 6) is 1.96. The van der Waals surface area contributed by atoms with Crippen molar-refractivity contribution in [1.82, 2.24) is 10.6 Å². The van der Waals surface area contributed by atoms with E-state index in [1.807, 2.05) is 26.0 Å². The number of benzene rings is 1. The number of hydrogen-bond donors (Lipinski definition) is 2. The van der Waals surface area contributed by atoms with Crippen molar-refractivity contribution < 1.29 is 14.3 Å². The van der Waals surface area contributed by atoms with Gasteiger partial charge in [0, 0.05) is 23.6 Å². The summed E-state index contributed by atoms with van der Waals surface area (Å²) in [5, 5.41) is 6.36. The van der Waals surface area contributed by atoms with Gasteiger partial charge >= 0.3 is 0 Å². The van der Waals surface area contributed by atoms with Crippen LogP contribution in [0, 0.1) is 17.8 Å². The maximum absolute atomic E-state index is 12.6. The molecule has 2 N–H and O–H groups in total. The van der Waals surface area contributed by atoms with Crippen LogP contribution in [0.2, 0.25) is 0 Å². The molecule has 1 aromatic carbocycles. The Kier molecular flexibility index (Phi) is 6.08. The topological polar surface area (TPSA) is 67.4 Å². The van der Waals surface area contributed by atoms with Crippen LogP contribution in [-0.2, 0) is 4.79 Å². The van der Waals surface area contributed by atoms with Crippen LogP contribution in [0.15, 0.2) is 24.3 Å². The molecule has 2 aliphatic rings. The van der Waals surface area contributed by atoms with Gasteiger partial charge in [0.15, 0.2) is 0 Å². The summed E-state index contributed by atoms with van der Waals surface area (Å²) < 4.78 is 5.62. The number of piperidine rings is 1. The lowest BCUT2D eigenvalue weighted by Crippen LogP contribution is -2.58. The molecule has 5 nitrogen and oxygen atoms in total. The van der Waals surface area contributed by atoms with Crippen molar-refractivity contribution in [2.45, 2.75) is 71.6 Å². The lowest BCUT2D eigenvalue weighted by molar-refractivity contribution is -0.133. The summed E-state index contributed by atoms with van der Waals surface area (Å²) in [6, 6.07) is 7.55. The predicted molar refractivity (Wildman–Crippen MR) is 106 cm³/mol. The molecule has 5 heteroatoms. The van der Waals surface area contributed by atoms with Crippen molar-refractivity contribution in [2.24, 2.45) is 17.8 Å². The van der Waals surface area contributed by atoms with E-state index in [-0.39, 0.29) is 35.9 Å². The van der Waals surface area contributed by atoms with Crippen LogP contribution in [0.25, 0.3) is 0 Å². The molecular weight excluding hydrogens is 340 g/mol. The smallest absolute Gasteiger partial charge is 0.251 e. The first-order valence-electron chi connectivity index (χ1n) is 10.3. The van der Waals surface area contributed by atoms with Crippen molar-refractivity contribution in [3.8, 4) is 5.75 Å². The first kappa shape index (κ1) is 19.7. The van der Waals surface area contributed by atoms with Crippen molar-refractivity contribution in [3.05, 3.63) is 29.8 Å². The fraction of sp³-hybridized carbons (Fsp3) is 0.636. The zero-order valence-corrected chi connectivity index (χ0v) is 16.8. The molecule has 0 aromatic heterocycles. The number of ether oxygens (including phenoxy) is 1. The highest BCUT2D eigenvalue weighted by Crippen LogP contribution is 2.38. The Morgan fingerprint density at radius 3 is 2.59 bits per heavy atom. The van der Waals surface area contributed by atoms with E-state index in [0.29, 0.717) is 17.4 Å². The number of carbonyl (C=O) groups is 2. The van der Waals surface area contributed by atoms with Crippen molar-refractivity contribution in [3.63, 3.8) is 0 Å². The minimum absolute atomic E-state index is 0.0591. The van der Waals surface area contributed by atoms with Gasteiger partial charge in [0.25, 0.3) is 5.91 Å². The molecule has 1 heterocycles. The third kappa shape index (κ3) is 4.45. The summed E-state index contributed by atoms with van der Waals surface area (Å²) in [4.78, 5) is 24.9. The monoisotopic (exact) mass is 372 g/mol. The molecule has 0 bridgehead atoms. The van der Waals surface area contributed by atoms with Gasteiger partial charge < -0.3 is 15.4 Å². The first-order chi connectivity index (χ1) is 12.9. The molecule has 0 spiro atoms. The lowest BCUT2D eigenvalue weighted by atomic mass is 9.67. The Hall–Kier alpha value is -2.04. The molecule has 27 heavy (non-hydrogen) atoms. The van der Waals surface area contributed by atoms with Crippen LogP contribution >= 0.6 is 0 Å². The fourth-order valence-corrected chi connectivity index (χ4v) is 4.73. The number of amides is 2. The van der Waals surface area contributed by atoms with Gasteiger partial charge in [0.05, 0.1) is 6.10 Å². The SMILES string of the molecule is CCC1C(=O)NC2CC(NC(=O)c3ccc(OC(C)C)cc3)CCC2C1C. The molecule has 148 valence electrons. The van der Waals surface area contributed by atoms with E-state index >= 15 is 0 Å². The largest absolute Gasteiger partial charge is 0.491 e. The highest BCUT2D eigenvalue weighted by atomic mass is 16.5. The van der Waals surface area contributed by atoms with E-state index in [4.69, 9.17) is 4.74 Å². The summed E-state index contributed by atoms with van der Waals surface area (Å²) in [6.45, 7) is 8.25. The van der Waals surface area contributed by atoms with Gasteiger partial charge in [-0.2, -0.15) is 0 Å². The van der Waals surface area contributed by atoms with Crippen LogP contribution in [-0.4, -0.2) is 30.0 Å². The third-order valence-electron chi connectivity index (χ3n) is 6.14. The molecule has 1 aromatic rings. The van der Waals surface area contributed by atoms with Crippen LogP contribution in [0.4, 0.5) is 0 Å². The number of fused-ring (bicyclic) bond motifs is 1. The Bertz CT molecular complexity index is 671. The Balaban J connectivity index is 1.58. The third-order valence-corrected chi connectivity index (χ3v) is 6.14. The fourth-order valence-electron chi connectivity index (χ4n) is 4.73.